The van der Waals surface area contributed by atoms with Gasteiger partial charge in [0.15, 0.2) is 0 Å². The van der Waals surface area contributed by atoms with E-state index >= 15 is 0 Å². The lowest BCUT2D eigenvalue weighted by atomic mass is 9.96. The standard InChI is InChI=1S/C39H50N6O6/c1-5-26(4)42-36(47)21-35(46)32(18-25(2)3)43-38(49)34(20-30-22-40-24-41-30)44-37(48)33(45-39(50)51-23-27-12-7-6-8-13-27)19-29-16-11-15-28-14-9-10-17-31(28)29/h6-17,22,24-26,32-35,46H,5,18-21,23H2,1-4H3,(H,40,41)(H,42,47)(H,43,49)(H,44,48)(H,45,50). The van der Waals surface area contributed by atoms with E-state index in [1.165, 1.54) is 6.33 Å². The summed E-state index contributed by atoms with van der Waals surface area (Å²) in [5.74, 6) is -1.39. The molecule has 5 unspecified atom stereocenters. The Hall–Kier alpha value is -5.23. The average molecular weight is 699 g/mol. The van der Waals surface area contributed by atoms with Crippen LogP contribution in [0.4, 0.5) is 4.79 Å². The molecule has 3 aromatic carbocycles. The number of carbonyl (C=O) groups excluding carboxylic acids is 4. The molecule has 1 aromatic heterocycles. The van der Waals surface area contributed by atoms with Crippen LogP contribution in [0.1, 0.15) is 63.8 Å². The van der Waals surface area contributed by atoms with Crippen LogP contribution in [0.3, 0.4) is 0 Å². The van der Waals surface area contributed by atoms with Crippen molar-refractivity contribution in [3.63, 3.8) is 0 Å². The van der Waals surface area contributed by atoms with E-state index in [-0.39, 0.29) is 43.7 Å². The molecule has 12 nitrogen and oxygen atoms in total. The molecule has 0 aliphatic heterocycles. The first-order chi connectivity index (χ1) is 24.5. The van der Waals surface area contributed by atoms with Crippen molar-refractivity contribution in [2.75, 3.05) is 0 Å². The summed E-state index contributed by atoms with van der Waals surface area (Å²) in [5, 5.41) is 24.3. The summed E-state index contributed by atoms with van der Waals surface area (Å²) >= 11 is 0. The maximum absolute atomic E-state index is 14.1. The number of H-pyrrole nitrogens is 1. The second-order valence-corrected chi connectivity index (χ2v) is 13.3. The summed E-state index contributed by atoms with van der Waals surface area (Å²) in [5.41, 5.74) is 2.20. The van der Waals surface area contributed by atoms with Gasteiger partial charge in [0.1, 0.15) is 18.7 Å². The van der Waals surface area contributed by atoms with Gasteiger partial charge < -0.3 is 36.1 Å². The van der Waals surface area contributed by atoms with Gasteiger partial charge in [-0.15, -0.1) is 0 Å². The van der Waals surface area contributed by atoms with E-state index in [0.29, 0.717) is 12.1 Å². The zero-order valence-corrected chi connectivity index (χ0v) is 29.7. The van der Waals surface area contributed by atoms with Crippen molar-refractivity contribution in [2.45, 2.75) is 96.7 Å². The lowest BCUT2D eigenvalue weighted by Crippen LogP contribution is -2.57. The lowest BCUT2D eigenvalue weighted by Gasteiger charge is -2.29. The number of nitrogens with zero attached hydrogens (tertiary/aromatic N) is 1. The normalized spacial score (nSPS) is 14.2. The number of hydrogen-bond acceptors (Lipinski definition) is 7. The molecule has 0 spiro atoms. The number of aliphatic hydroxyl groups excluding tert-OH is 1. The van der Waals surface area contributed by atoms with Crippen molar-refractivity contribution in [3.8, 4) is 0 Å². The summed E-state index contributed by atoms with van der Waals surface area (Å²) in [6.07, 6.45) is 2.19. The zero-order valence-electron chi connectivity index (χ0n) is 29.7. The largest absolute Gasteiger partial charge is 0.445 e. The SMILES string of the molecule is CCC(C)NC(=O)CC(O)C(CC(C)C)NC(=O)C(Cc1cnc[nH]1)NC(=O)C(Cc1cccc2ccccc12)NC(=O)OCc1ccccc1. The Balaban J connectivity index is 1.56. The Morgan fingerprint density at radius 1 is 0.824 bits per heavy atom. The number of amides is 4. The minimum atomic E-state index is -1.16. The molecule has 272 valence electrons. The molecule has 0 aliphatic carbocycles. The number of aromatic amines is 1. The van der Waals surface area contributed by atoms with Gasteiger partial charge in [0.2, 0.25) is 17.7 Å². The summed E-state index contributed by atoms with van der Waals surface area (Å²) in [7, 11) is 0. The molecule has 51 heavy (non-hydrogen) atoms. The number of alkyl carbamates (subject to hydrolysis) is 1. The number of benzene rings is 3. The van der Waals surface area contributed by atoms with Gasteiger partial charge in [-0.2, -0.15) is 0 Å². The number of imidazole rings is 1. The monoisotopic (exact) mass is 698 g/mol. The molecule has 1 heterocycles. The first-order valence-electron chi connectivity index (χ1n) is 17.5. The minimum absolute atomic E-state index is 0.00901. The number of aromatic nitrogens is 2. The molecule has 5 atom stereocenters. The zero-order chi connectivity index (χ0) is 36.8. The van der Waals surface area contributed by atoms with Crippen molar-refractivity contribution in [1.29, 1.82) is 0 Å². The van der Waals surface area contributed by atoms with Crippen LogP contribution in [0, 0.1) is 5.92 Å². The second-order valence-electron chi connectivity index (χ2n) is 13.3. The third-order valence-corrected chi connectivity index (χ3v) is 8.67. The fraction of sp³-hybridized carbons (Fsp3) is 0.410. The Bertz CT molecular complexity index is 1710. The number of hydrogen-bond donors (Lipinski definition) is 6. The molecule has 4 rings (SSSR count). The molecular weight excluding hydrogens is 648 g/mol. The molecule has 4 amide bonds. The number of rotatable bonds is 18. The highest BCUT2D eigenvalue weighted by molar-refractivity contribution is 5.93. The third kappa shape index (κ3) is 12.2. The van der Waals surface area contributed by atoms with E-state index in [1.54, 1.807) is 6.20 Å². The summed E-state index contributed by atoms with van der Waals surface area (Å²) in [6, 6.07) is 19.6. The molecule has 0 aliphatic rings. The van der Waals surface area contributed by atoms with Crippen molar-refractivity contribution in [1.82, 2.24) is 31.2 Å². The average Bonchev–Trinajstić information content (AvgIpc) is 3.63. The highest BCUT2D eigenvalue weighted by Gasteiger charge is 2.32. The Morgan fingerprint density at radius 2 is 1.51 bits per heavy atom. The van der Waals surface area contributed by atoms with E-state index in [9.17, 15) is 24.3 Å². The van der Waals surface area contributed by atoms with E-state index in [4.69, 9.17) is 4.74 Å². The van der Waals surface area contributed by atoms with Crippen LogP contribution < -0.4 is 21.3 Å². The van der Waals surface area contributed by atoms with Crippen molar-refractivity contribution < 1.29 is 29.0 Å². The summed E-state index contributed by atoms with van der Waals surface area (Å²) in [6.45, 7) is 7.75. The predicted octanol–water partition coefficient (Wildman–Crippen LogP) is 4.32. The number of nitrogens with one attached hydrogen (secondary N) is 5. The molecule has 0 bridgehead atoms. The van der Waals surface area contributed by atoms with Crippen molar-refractivity contribution >= 4 is 34.6 Å². The second kappa shape index (κ2) is 19.2. The quantitative estimate of drug-likeness (QED) is 0.0897. The molecule has 0 fully saturated rings. The van der Waals surface area contributed by atoms with Gasteiger partial charge in [-0.05, 0) is 47.6 Å². The van der Waals surface area contributed by atoms with Crippen molar-refractivity contribution in [2.24, 2.45) is 5.92 Å². The predicted molar refractivity (Wildman–Crippen MR) is 195 cm³/mol. The van der Waals surface area contributed by atoms with Gasteiger partial charge in [-0.1, -0.05) is 93.6 Å². The van der Waals surface area contributed by atoms with Crippen LogP contribution in [-0.2, 0) is 38.6 Å². The Labute approximate surface area is 299 Å². The molecule has 4 aromatic rings. The molecule has 6 N–H and O–H groups in total. The van der Waals surface area contributed by atoms with Gasteiger partial charge in [0, 0.05) is 30.8 Å². The summed E-state index contributed by atoms with van der Waals surface area (Å²) in [4.78, 5) is 60.8. The number of carbonyl (C=O) groups is 4. The number of aliphatic hydroxyl groups is 1. The van der Waals surface area contributed by atoms with Gasteiger partial charge in [-0.3, -0.25) is 14.4 Å². The third-order valence-electron chi connectivity index (χ3n) is 8.67. The van der Waals surface area contributed by atoms with E-state index in [0.717, 1.165) is 28.3 Å². The molecule has 0 saturated heterocycles. The Kier molecular flexibility index (Phi) is 14.5. The maximum atomic E-state index is 14.1. The smallest absolute Gasteiger partial charge is 0.408 e. The van der Waals surface area contributed by atoms with Crippen LogP contribution in [0.15, 0.2) is 85.3 Å². The van der Waals surface area contributed by atoms with E-state index < -0.39 is 42.1 Å². The van der Waals surface area contributed by atoms with Gasteiger partial charge in [-0.25, -0.2) is 9.78 Å². The van der Waals surface area contributed by atoms with E-state index in [1.807, 2.05) is 100 Å². The first kappa shape index (κ1) is 38.6. The summed E-state index contributed by atoms with van der Waals surface area (Å²) < 4.78 is 5.47. The van der Waals surface area contributed by atoms with Crippen LogP contribution in [0.25, 0.3) is 10.8 Å². The first-order valence-corrected chi connectivity index (χ1v) is 17.5. The minimum Gasteiger partial charge on any atom is -0.445 e. The van der Waals surface area contributed by atoms with Crippen LogP contribution in [0.5, 0.6) is 0 Å². The van der Waals surface area contributed by atoms with Crippen molar-refractivity contribution in [3.05, 3.63) is 102 Å². The van der Waals surface area contributed by atoms with Gasteiger partial charge in [0.05, 0.1) is 24.9 Å². The maximum Gasteiger partial charge on any atom is 0.408 e. The topological polar surface area (TPSA) is 175 Å². The van der Waals surface area contributed by atoms with Gasteiger partial charge in [0.25, 0.3) is 0 Å². The molecular formula is C39H50N6O6. The molecule has 12 heteroatoms. The Morgan fingerprint density at radius 3 is 2.22 bits per heavy atom. The van der Waals surface area contributed by atoms with E-state index in [2.05, 4.69) is 31.2 Å². The molecule has 0 radical (unpaired) electrons. The lowest BCUT2D eigenvalue weighted by molar-refractivity contribution is -0.131. The van der Waals surface area contributed by atoms with Crippen LogP contribution in [0.2, 0.25) is 0 Å². The fourth-order valence-electron chi connectivity index (χ4n) is 5.78. The van der Waals surface area contributed by atoms with Crippen LogP contribution >= 0.6 is 0 Å². The van der Waals surface area contributed by atoms with Crippen LogP contribution in [-0.4, -0.2) is 69.2 Å². The fourth-order valence-corrected chi connectivity index (χ4v) is 5.78. The number of fused-ring (bicyclic) bond motifs is 1. The number of ether oxygens (including phenoxy) is 1. The highest BCUT2D eigenvalue weighted by Crippen LogP contribution is 2.20. The highest BCUT2D eigenvalue weighted by atomic mass is 16.5. The molecule has 0 saturated carbocycles. The van der Waals surface area contributed by atoms with Gasteiger partial charge >= 0.3 is 6.09 Å².